The molecular weight excluding hydrogens is 255 g/mol. The van der Waals surface area contributed by atoms with Crippen LogP contribution in [0.2, 0.25) is 0 Å². The average molecular weight is 272 g/mol. The summed E-state index contributed by atoms with van der Waals surface area (Å²) in [6.07, 6.45) is -0.781. The molecule has 0 aliphatic rings. The second-order valence-electron chi connectivity index (χ2n) is 4.40. The zero-order valence-corrected chi connectivity index (χ0v) is 10.8. The molecule has 1 atom stereocenters. The molecule has 1 rings (SSSR count). The van der Waals surface area contributed by atoms with Crippen molar-refractivity contribution in [1.29, 1.82) is 0 Å². The fraction of sp³-hybridized carbons (Fsp3) is 0.500. The number of hydrogen-bond donors (Lipinski definition) is 2. The van der Waals surface area contributed by atoms with Gasteiger partial charge in [0.15, 0.2) is 11.6 Å². The third kappa shape index (κ3) is 5.19. The van der Waals surface area contributed by atoms with Gasteiger partial charge in [0.1, 0.15) is 12.7 Å². The standard InChI is InChI=1S/C12H17FN2O4/c1-8(2)14-6-10(16)7-19-12-4-3-9(15(17)18)5-11(12)13/h3-5,8,10,14,16H,6-7H2,1-2H3. The molecule has 1 aromatic carbocycles. The zero-order chi connectivity index (χ0) is 14.4. The molecule has 0 saturated heterocycles. The van der Waals surface area contributed by atoms with Gasteiger partial charge in [-0.3, -0.25) is 10.1 Å². The second kappa shape index (κ2) is 7.01. The van der Waals surface area contributed by atoms with E-state index in [0.29, 0.717) is 6.54 Å². The van der Waals surface area contributed by atoms with Gasteiger partial charge < -0.3 is 15.2 Å². The highest BCUT2D eigenvalue weighted by atomic mass is 19.1. The van der Waals surface area contributed by atoms with Gasteiger partial charge in [-0.05, 0) is 6.07 Å². The molecule has 0 aliphatic heterocycles. The number of rotatable bonds is 7. The number of nitro benzene ring substituents is 1. The Morgan fingerprint density at radius 1 is 1.53 bits per heavy atom. The fourth-order valence-corrected chi connectivity index (χ4v) is 1.34. The maximum absolute atomic E-state index is 13.4. The van der Waals surface area contributed by atoms with Gasteiger partial charge in [-0.25, -0.2) is 4.39 Å². The third-order valence-corrected chi connectivity index (χ3v) is 2.32. The fourth-order valence-electron chi connectivity index (χ4n) is 1.34. The molecule has 0 amide bonds. The lowest BCUT2D eigenvalue weighted by Gasteiger charge is -2.15. The van der Waals surface area contributed by atoms with E-state index in [1.165, 1.54) is 6.07 Å². The molecule has 6 nitrogen and oxygen atoms in total. The molecule has 0 aromatic heterocycles. The lowest BCUT2D eigenvalue weighted by molar-refractivity contribution is -0.385. The Morgan fingerprint density at radius 2 is 2.21 bits per heavy atom. The predicted molar refractivity (Wildman–Crippen MR) is 67.7 cm³/mol. The van der Waals surface area contributed by atoms with Crippen LogP contribution in [0.25, 0.3) is 0 Å². The number of ether oxygens (including phenoxy) is 1. The number of nitrogens with zero attached hydrogens (tertiary/aromatic N) is 1. The van der Waals surface area contributed by atoms with Gasteiger partial charge in [0.05, 0.1) is 11.0 Å². The van der Waals surface area contributed by atoms with Gasteiger partial charge in [-0.15, -0.1) is 0 Å². The largest absolute Gasteiger partial charge is 0.488 e. The number of nitrogens with one attached hydrogen (secondary N) is 1. The first-order valence-electron chi connectivity index (χ1n) is 5.88. The van der Waals surface area contributed by atoms with Crippen LogP contribution in [0.4, 0.5) is 10.1 Å². The summed E-state index contributed by atoms with van der Waals surface area (Å²) in [6.45, 7) is 4.11. The van der Waals surface area contributed by atoms with Gasteiger partial charge in [-0.2, -0.15) is 0 Å². The molecule has 106 valence electrons. The first-order valence-corrected chi connectivity index (χ1v) is 5.88. The van der Waals surface area contributed by atoms with E-state index in [1.807, 2.05) is 13.8 Å². The number of aliphatic hydroxyl groups excluding tert-OH is 1. The molecule has 0 fully saturated rings. The van der Waals surface area contributed by atoms with Crippen LogP contribution in [-0.4, -0.2) is 35.3 Å². The van der Waals surface area contributed by atoms with E-state index >= 15 is 0 Å². The molecule has 0 spiro atoms. The van der Waals surface area contributed by atoms with E-state index in [1.54, 1.807) is 0 Å². The Labute approximate surface area is 110 Å². The molecule has 1 unspecified atom stereocenters. The lowest BCUT2D eigenvalue weighted by atomic mass is 10.3. The minimum absolute atomic E-state index is 0.0888. The molecular formula is C12H17FN2O4. The summed E-state index contributed by atoms with van der Waals surface area (Å²) in [4.78, 5) is 9.74. The van der Waals surface area contributed by atoms with Crippen molar-refractivity contribution in [3.8, 4) is 5.75 Å². The first kappa shape index (κ1) is 15.3. The van der Waals surface area contributed by atoms with Crippen LogP contribution in [-0.2, 0) is 0 Å². The summed E-state index contributed by atoms with van der Waals surface area (Å²) in [6, 6.07) is 3.34. The predicted octanol–water partition coefficient (Wildman–Crippen LogP) is 1.47. The summed E-state index contributed by atoms with van der Waals surface area (Å²) in [5.74, 6) is -0.938. The summed E-state index contributed by atoms with van der Waals surface area (Å²) in [5, 5.41) is 23.0. The highest BCUT2D eigenvalue weighted by Gasteiger charge is 2.13. The van der Waals surface area contributed by atoms with Gasteiger partial charge in [0.25, 0.3) is 5.69 Å². The summed E-state index contributed by atoms with van der Waals surface area (Å²) < 4.78 is 18.5. The SMILES string of the molecule is CC(C)NCC(O)COc1ccc([N+](=O)[O-])cc1F. The minimum atomic E-state index is -0.821. The van der Waals surface area contributed by atoms with Crippen LogP contribution >= 0.6 is 0 Å². The molecule has 7 heteroatoms. The topological polar surface area (TPSA) is 84.6 Å². The first-order chi connectivity index (χ1) is 8.90. The molecule has 2 N–H and O–H groups in total. The number of non-ortho nitro benzene ring substituents is 1. The summed E-state index contributed by atoms with van der Waals surface area (Å²) in [7, 11) is 0. The maximum Gasteiger partial charge on any atom is 0.272 e. The van der Waals surface area contributed by atoms with Crippen molar-refractivity contribution in [2.45, 2.75) is 26.0 Å². The van der Waals surface area contributed by atoms with Crippen molar-refractivity contribution < 1.29 is 19.2 Å². The van der Waals surface area contributed by atoms with E-state index in [4.69, 9.17) is 4.74 Å². The number of aliphatic hydroxyl groups is 1. The molecule has 1 aromatic rings. The maximum atomic E-state index is 13.4. The molecule has 0 bridgehead atoms. The lowest BCUT2D eigenvalue weighted by Crippen LogP contribution is -2.35. The van der Waals surface area contributed by atoms with Crippen molar-refractivity contribution >= 4 is 5.69 Å². The number of halogens is 1. The molecule has 0 aliphatic carbocycles. The van der Waals surface area contributed by atoms with Crippen LogP contribution in [0, 0.1) is 15.9 Å². The summed E-state index contributed by atoms with van der Waals surface area (Å²) in [5.41, 5.74) is -0.341. The molecule has 0 saturated carbocycles. The van der Waals surface area contributed by atoms with Crippen molar-refractivity contribution in [1.82, 2.24) is 5.32 Å². The quantitative estimate of drug-likeness (QED) is 0.580. The zero-order valence-electron chi connectivity index (χ0n) is 10.8. The molecule has 19 heavy (non-hydrogen) atoms. The molecule has 0 radical (unpaired) electrons. The Hall–Kier alpha value is -1.73. The number of hydrogen-bond acceptors (Lipinski definition) is 5. The number of nitro groups is 1. The van der Waals surface area contributed by atoms with Gasteiger partial charge in [0, 0.05) is 18.7 Å². The van der Waals surface area contributed by atoms with Crippen molar-refractivity contribution in [2.75, 3.05) is 13.2 Å². The Bertz CT molecular complexity index is 440. The van der Waals surface area contributed by atoms with Gasteiger partial charge >= 0.3 is 0 Å². The number of benzene rings is 1. The van der Waals surface area contributed by atoms with E-state index in [0.717, 1.165) is 12.1 Å². The Kier molecular flexibility index (Phi) is 5.65. The monoisotopic (exact) mass is 272 g/mol. The molecule has 0 heterocycles. The highest BCUT2D eigenvalue weighted by molar-refractivity contribution is 5.37. The van der Waals surface area contributed by atoms with E-state index in [2.05, 4.69) is 5.32 Å². The van der Waals surface area contributed by atoms with Crippen molar-refractivity contribution in [2.24, 2.45) is 0 Å². The van der Waals surface area contributed by atoms with Gasteiger partial charge in [0.2, 0.25) is 0 Å². The Balaban J connectivity index is 2.51. The van der Waals surface area contributed by atoms with E-state index in [-0.39, 0.29) is 24.1 Å². The van der Waals surface area contributed by atoms with Crippen LogP contribution in [0.15, 0.2) is 18.2 Å². The minimum Gasteiger partial charge on any atom is -0.488 e. The Morgan fingerprint density at radius 3 is 2.74 bits per heavy atom. The van der Waals surface area contributed by atoms with Crippen LogP contribution in [0.3, 0.4) is 0 Å². The third-order valence-electron chi connectivity index (χ3n) is 2.32. The summed E-state index contributed by atoms with van der Waals surface area (Å²) >= 11 is 0. The normalized spacial score (nSPS) is 12.5. The average Bonchev–Trinajstić information content (AvgIpc) is 2.34. The van der Waals surface area contributed by atoms with E-state index in [9.17, 15) is 19.6 Å². The smallest absolute Gasteiger partial charge is 0.272 e. The second-order valence-corrected chi connectivity index (χ2v) is 4.40. The van der Waals surface area contributed by atoms with Crippen LogP contribution in [0.5, 0.6) is 5.75 Å². The van der Waals surface area contributed by atoms with Gasteiger partial charge in [-0.1, -0.05) is 13.8 Å². The van der Waals surface area contributed by atoms with Crippen molar-refractivity contribution in [3.05, 3.63) is 34.1 Å². The van der Waals surface area contributed by atoms with Crippen molar-refractivity contribution in [3.63, 3.8) is 0 Å². The van der Waals surface area contributed by atoms with Crippen LogP contribution in [0.1, 0.15) is 13.8 Å². The van der Waals surface area contributed by atoms with E-state index < -0.39 is 16.8 Å². The van der Waals surface area contributed by atoms with Crippen LogP contribution < -0.4 is 10.1 Å². The highest BCUT2D eigenvalue weighted by Crippen LogP contribution is 2.22.